The van der Waals surface area contributed by atoms with Crippen LogP contribution in [0.15, 0.2) is 48.5 Å². The minimum atomic E-state index is -0.0115. The highest BCUT2D eigenvalue weighted by atomic mass is 16.2. The first-order chi connectivity index (χ1) is 14.2. The van der Waals surface area contributed by atoms with Crippen LogP contribution in [-0.2, 0) is 22.4 Å². The van der Waals surface area contributed by atoms with Gasteiger partial charge in [-0.2, -0.15) is 0 Å². The monoisotopic (exact) mass is 389 g/mol. The molecule has 0 aliphatic carbocycles. The number of hydrogen-bond donors (Lipinski definition) is 0. The minimum Gasteiger partial charge on any atom is -0.312 e. The smallest absolute Gasteiger partial charge is 0.241 e. The molecular weight excluding hydrogens is 362 g/mol. The zero-order valence-electron chi connectivity index (χ0n) is 16.7. The highest BCUT2D eigenvalue weighted by Crippen LogP contribution is 2.31. The lowest BCUT2D eigenvalue weighted by atomic mass is 10.0. The molecule has 2 aromatic rings. The predicted octanol–water partition coefficient (Wildman–Crippen LogP) is 2.88. The largest absolute Gasteiger partial charge is 0.312 e. The Morgan fingerprint density at radius 1 is 0.828 bits per heavy atom. The number of likely N-dealkylation sites (tertiary alicyclic amines) is 1. The number of amides is 2. The number of carbonyl (C=O) groups excluding carboxylic acids is 2. The van der Waals surface area contributed by atoms with Crippen LogP contribution in [0.3, 0.4) is 0 Å². The van der Waals surface area contributed by atoms with Crippen LogP contribution in [0.25, 0.3) is 0 Å². The number of para-hydroxylation sites is 2. The van der Waals surface area contributed by atoms with Crippen molar-refractivity contribution >= 4 is 23.2 Å². The van der Waals surface area contributed by atoms with Crippen molar-refractivity contribution in [2.24, 2.45) is 5.92 Å². The third-order valence-corrected chi connectivity index (χ3v) is 6.54. The van der Waals surface area contributed by atoms with E-state index in [1.165, 1.54) is 11.1 Å². The van der Waals surface area contributed by atoms with Crippen LogP contribution in [0.1, 0.15) is 24.0 Å². The lowest BCUT2D eigenvalue weighted by molar-refractivity contribution is -0.123. The quantitative estimate of drug-likeness (QED) is 0.811. The summed E-state index contributed by atoms with van der Waals surface area (Å²) in [5.41, 5.74) is 4.64. The highest BCUT2D eigenvalue weighted by molar-refractivity contribution is 5.98. The SMILES string of the molecule is O=C(CN1CCC(C(=O)N2CCc3ccccc32)C1)N1CCCc2ccccc21. The molecular formula is C24H27N3O2. The first kappa shape index (κ1) is 18.4. The van der Waals surface area contributed by atoms with Gasteiger partial charge in [0.05, 0.1) is 12.5 Å². The van der Waals surface area contributed by atoms with Crippen molar-refractivity contribution in [2.45, 2.75) is 25.7 Å². The van der Waals surface area contributed by atoms with Gasteiger partial charge < -0.3 is 9.80 Å². The highest BCUT2D eigenvalue weighted by Gasteiger charge is 2.35. The Kier molecular flexibility index (Phi) is 4.84. The van der Waals surface area contributed by atoms with Crippen LogP contribution in [0.5, 0.6) is 0 Å². The van der Waals surface area contributed by atoms with Gasteiger partial charge in [0.15, 0.2) is 0 Å². The van der Waals surface area contributed by atoms with Gasteiger partial charge in [0.25, 0.3) is 0 Å². The average Bonchev–Trinajstić information content (AvgIpc) is 3.40. The van der Waals surface area contributed by atoms with Crippen molar-refractivity contribution in [3.05, 3.63) is 59.7 Å². The second-order valence-electron chi connectivity index (χ2n) is 8.37. The summed E-state index contributed by atoms with van der Waals surface area (Å²) in [6.07, 6.45) is 3.82. The van der Waals surface area contributed by atoms with E-state index in [2.05, 4.69) is 17.0 Å². The number of benzene rings is 2. The van der Waals surface area contributed by atoms with Gasteiger partial charge in [-0.05, 0) is 55.5 Å². The summed E-state index contributed by atoms with van der Waals surface area (Å²) in [6, 6.07) is 16.4. The molecule has 2 aromatic carbocycles. The average molecular weight is 389 g/mol. The van der Waals surface area contributed by atoms with E-state index in [9.17, 15) is 9.59 Å². The van der Waals surface area contributed by atoms with Crippen LogP contribution >= 0.6 is 0 Å². The molecule has 1 fully saturated rings. The minimum absolute atomic E-state index is 0.0115. The van der Waals surface area contributed by atoms with Crippen LogP contribution < -0.4 is 9.80 Å². The second kappa shape index (κ2) is 7.64. The lowest BCUT2D eigenvalue weighted by Crippen LogP contribution is -2.43. The Morgan fingerprint density at radius 2 is 1.52 bits per heavy atom. The first-order valence-electron chi connectivity index (χ1n) is 10.7. The summed E-state index contributed by atoms with van der Waals surface area (Å²) in [7, 11) is 0. The van der Waals surface area contributed by atoms with E-state index in [-0.39, 0.29) is 17.7 Å². The molecule has 1 atom stereocenters. The van der Waals surface area contributed by atoms with E-state index in [1.807, 2.05) is 46.2 Å². The Morgan fingerprint density at radius 3 is 2.31 bits per heavy atom. The molecule has 0 spiro atoms. The van der Waals surface area contributed by atoms with Crippen molar-refractivity contribution in [2.75, 3.05) is 42.5 Å². The molecule has 5 nitrogen and oxygen atoms in total. The van der Waals surface area contributed by atoms with E-state index in [0.29, 0.717) is 13.1 Å². The first-order valence-corrected chi connectivity index (χ1v) is 10.7. The molecule has 29 heavy (non-hydrogen) atoms. The van der Waals surface area contributed by atoms with E-state index >= 15 is 0 Å². The maximum Gasteiger partial charge on any atom is 0.241 e. The van der Waals surface area contributed by atoms with E-state index in [0.717, 1.165) is 56.7 Å². The van der Waals surface area contributed by atoms with Gasteiger partial charge in [0.1, 0.15) is 0 Å². The maximum absolute atomic E-state index is 13.1. The Balaban J connectivity index is 1.22. The summed E-state index contributed by atoms with van der Waals surface area (Å²) in [4.78, 5) is 32.2. The Hall–Kier alpha value is -2.66. The third kappa shape index (κ3) is 3.44. The number of fused-ring (bicyclic) bond motifs is 2. The molecule has 150 valence electrons. The lowest BCUT2D eigenvalue weighted by Gasteiger charge is -2.31. The molecule has 0 aromatic heterocycles. The van der Waals surface area contributed by atoms with Gasteiger partial charge >= 0.3 is 0 Å². The van der Waals surface area contributed by atoms with Crippen molar-refractivity contribution in [1.82, 2.24) is 4.90 Å². The number of aryl methyl sites for hydroxylation is 1. The topological polar surface area (TPSA) is 43.9 Å². The molecule has 1 saturated heterocycles. The van der Waals surface area contributed by atoms with E-state index < -0.39 is 0 Å². The zero-order valence-corrected chi connectivity index (χ0v) is 16.7. The predicted molar refractivity (Wildman–Crippen MR) is 114 cm³/mol. The molecule has 5 heteroatoms. The standard InChI is InChI=1S/C24H27N3O2/c28-23(26-13-5-8-18-6-1-3-9-21(18)26)17-25-14-11-20(16-25)24(29)27-15-12-19-7-2-4-10-22(19)27/h1-4,6-7,9-10,20H,5,8,11-17H2. The summed E-state index contributed by atoms with van der Waals surface area (Å²) >= 11 is 0. The second-order valence-corrected chi connectivity index (χ2v) is 8.37. The Bertz CT molecular complexity index is 941. The van der Waals surface area contributed by atoms with Crippen molar-refractivity contribution in [3.8, 4) is 0 Å². The fourth-order valence-corrected chi connectivity index (χ4v) is 5.03. The van der Waals surface area contributed by atoms with Crippen LogP contribution in [0.2, 0.25) is 0 Å². The number of rotatable bonds is 3. The molecule has 0 N–H and O–H groups in total. The van der Waals surface area contributed by atoms with Crippen LogP contribution in [-0.4, -0.2) is 49.4 Å². The number of anilines is 2. The van der Waals surface area contributed by atoms with E-state index in [1.54, 1.807) is 0 Å². The number of nitrogens with zero attached hydrogens (tertiary/aromatic N) is 3. The molecule has 3 heterocycles. The van der Waals surface area contributed by atoms with Gasteiger partial charge in [-0.15, -0.1) is 0 Å². The molecule has 0 saturated carbocycles. The summed E-state index contributed by atoms with van der Waals surface area (Å²) in [6.45, 7) is 3.45. The fraction of sp³-hybridized carbons (Fsp3) is 0.417. The number of hydrogen-bond acceptors (Lipinski definition) is 3. The summed E-state index contributed by atoms with van der Waals surface area (Å²) in [5, 5.41) is 0. The van der Waals surface area contributed by atoms with Crippen molar-refractivity contribution < 1.29 is 9.59 Å². The van der Waals surface area contributed by atoms with Crippen molar-refractivity contribution in [3.63, 3.8) is 0 Å². The van der Waals surface area contributed by atoms with Gasteiger partial charge in [0.2, 0.25) is 11.8 Å². The van der Waals surface area contributed by atoms with Gasteiger partial charge in [-0.3, -0.25) is 14.5 Å². The van der Waals surface area contributed by atoms with Crippen molar-refractivity contribution in [1.29, 1.82) is 0 Å². The van der Waals surface area contributed by atoms with Gasteiger partial charge in [-0.25, -0.2) is 0 Å². The van der Waals surface area contributed by atoms with Gasteiger partial charge in [0, 0.05) is 31.0 Å². The molecule has 1 unspecified atom stereocenters. The van der Waals surface area contributed by atoms with Crippen LogP contribution in [0.4, 0.5) is 11.4 Å². The summed E-state index contributed by atoms with van der Waals surface area (Å²) in [5.74, 6) is 0.354. The summed E-state index contributed by atoms with van der Waals surface area (Å²) < 4.78 is 0. The van der Waals surface area contributed by atoms with Crippen LogP contribution in [0, 0.1) is 5.92 Å². The zero-order chi connectivity index (χ0) is 19.8. The molecule has 3 aliphatic heterocycles. The molecule has 0 radical (unpaired) electrons. The molecule has 2 amide bonds. The van der Waals surface area contributed by atoms with Gasteiger partial charge in [-0.1, -0.05) is 36.4 Å². The van der Waals surface area contributed by atoms with E-state index in [4.69, 9.17) is 0 Å². The molecule has 3 aliphatic rings. The third-order valence-electron chi connectivity index (χ3n) is 6.54. The fourth-order valence-electron chi connectivity index (χ4n) is 5.03. The molecule has 5 rings (SSSR count). The maximum atomic E-state index is 13.1. The Labute approximate surface area is 171 Å². The normalized spacial score (nSPS) is 21.2. The molecule has 0 bridgehead atoms. The number of carbonyl (C=O) groups is 2.